The Hall–Kier alpha value is -2.88. The molecular formula is C23H24O4. The summed E-state index contributed by atoms with van der Waals surface area (Å²) in [6, 6.07) is 9.83. The number of ether oxygens (including phenoxy) is 1. The number of carboxylic acid groups (broad SMARTS) is 1. The fourth-order valence-corrected chi connectivity index (χ4v) is 3.38. The molecule has 4 nitrogen and oxygen atoms in total. The van der Waals surface area contributed by atoms with Crippen LogP contribution in [0.15, 0.2) is 36.4 Å². The molecule has 2 aromatic rings. The molecular weight excluding hydrogens is 340 g/mol. The van der Waals surface area contributed by atoms with E-state index in [4.69, 9.17) is 4.74 Å². The van der Waals surface area contributed by atoms with Crippen molar-refractivity contribution < 1.29 is 19.4 Å². The largest absolute Gasteiger partial charge is 0.478 e. The molecule has 1 aliphatic carbocycles. The smallest absolute Gasteiger partial charge is 0.347 e. The third-order valence-electron chi connectivity index (χ3n) is 4.92. The van der Waals surface area contributed by atoms with Crippen molar-refractivity contribution in [3.8, 4) is 5.75 Å². The second-order valence-corrected chi connectivity index (χ2v) is 7.73. The van der Waals surface area contributed by atoms with Crippen molar-refractivity contribution in [3.63, 3.8) is 0 Å². The van der Waals surface area contributed by atoms with E-state index < -0.39 is 11.6 Å². The summed E-state index contributed by atoms with van der Waals surface area (Å²) in [6.45, 7) is 8.88. The molecule has 0 aliphatic heterocycles. The van der Waals surface area contributed by atoms with Crippen LogP contribution in [0.3, 0.4) is 0 Å². The van der Waals surface area contributed by atoms with Gasteiger partial charge in [-0.25, -0.2) is 4.79 Å². The summed E-state index contributed by atoms with van der Waals surface area (Å²) in [5.41, 5.74) is 5.26. The number of fused-ring (bicyclic) bond motifs is 1. The lowest BCUT2D eigenvalue weighted by atomic mass is 9.85. The van der Waals surface area contributed by atoms with Crippen LogP contribution in [0.1, 0.15) is 52.0 Å². The van der Waals surface area contributed by atoms with Gasteiger partial charge in [-0.15, -0.1) is 0 Å². The van der Waals surface area contributed by atoms with E-state index in [0.717, 1.165) is 39.0 Å². The lowest BCUT2D eigenvalue weighted by Gasteiger charge is -2.25. The quantitative estimate of drug-likeness (QED) is 0.856. The Labute approximate surface area is 159 Å². The average Bonchev–Trinajstić information content (AvgIpc) is 2.57. The van der Waals surface area contributed by atoms with Crippen LogP contribution in [-0.4, -0.2) is 22.5 Å². The van der Waals surface area contributed by atoms with Gasteiger partial charge in [-0.3, -0.25) is 4.79 Å². The number of rotatable bonds is 4. The molecule has 0 aromatic heterocycles. The zero-order valence-corrected chi connectivity index (χ0v) is 16.3. The van der Waals surface area contributed by atoms with E-state index in [1.807, 2.05) is 45.0 Å². The van der Waals surface area contributed by atoms with Crippen molar-refractivity contribution in [1.82, 2.24) is 0 Å². The van der Waals surface area contributed by atoms with Crippen molar-refractivity contribution in [2.75, 3.05) is 0 Å². The SMILES string of the molecule is Cc1ccc2c(c1)CC(c1cc(C)c(OC(C)(C)C(=O)O)c(C)c1)=CC2=O. The first-order valence-electron chi connectivity index (χ1n) is 8.97. The van der Waals surface area contributed by atoms with Crippen molar-refractivity contribution in [1.29, 1.82) is 0 Å². The third kappa shape index (κ3) is 3.65. The standard InChI is InChI=1S/C23H24O4/c1-13-6-7-19-18(8-13)11-17(12-20(19)24)16-9-14(2)21(15(3)10-16)27-23(4,5)22(25)26/h6-10,12H,11H2,1-5H3,(H,25,26). The van der Waals surface area contributed by atoms with Gasteiger partial charge in [0.25, 0.3) is 0 Å². The molecule has 2 aromatic carbocycles. The number of carbonyl (C=O) groups excluding carboxylic acids is 1. The first kappa shape index (κ1) is 18.9. The van der Waals surface area contributed by atoms with Gasteiger partial charge in [0.05, 0.1) is 0 Å². The van der Waals surface area contributed by atoms with Crippen LogP contribution < -0.4 is 4.74 Å². The predicted molar refractivity (Wildman–Crippen MR) is 105 cm³/mol. The maximum absolute atomic E-state index is 12.5. The van der Waals surface area contributed by atoms with Gasteiger partial charge in [-0.05, 0) is 87.1 Å². The molecule has 0 amide bonds. The Kier molecular flexibility index (Phi) is 4.68. The molecule has 0 spiro atoms. The Balaban J connectivity index is 1.97. The van der Waals surface area contributed by atoms with E-state index in [2.05, 4.69) is 6.07 Å². The van der Waals surface area contributed by atoms with Gasteiger partial charge in [-0.1, -0.05) is 23.8 Å². The number of aliphatic carboxylic acids is 1. The van der Waals surface area contributed by atoms with Crippen LogP contribution >= 0.6 is 0 Å². The highest BCUT2D eigenvalue weighted by molar-refractivity contribution is 6.12. The van der Waals surface area contributed by atoms with E-state index in [1.54, 1.807) is 6.08 Å². The lowest BCUT2D eigenvalue weighted by Crippen LogP contribution is -2.38. The number of carboxylic acids is 1. The highest BCUT2D eigenvalue weighted by atomic mass is 16.5. The van der Waals surface area contributed by atoms with Crippen molar-refractivity contribution >= 4 is 17.3 Å². The van der Waals surface area contributed by atoms with E-state index in [1.165, 1.54) is 13.8 Å². The molecule has 0 unspecified atom stereocenters. The third-order valence-corrected chi connectivity index (χ3v) is 4.92. The summed E-state index contributed by atoms with van der Waals surface area (Å²) in [4.78, 5) is 23.9. The van der Waals surface area contributed by atoms with Crippen molar-refractivity contribution in [3.05, 3.63) is 69.8 Å². The molecule has 1 N–H and O–H groups in total. The number of allylic oxidation sites excluding steroid dienone is 2. The zero-order chi connectivity index (χ0) is 19.9. The molecule has 0 heterocycles. The monoisotopic (exact) mass is 364 g/mol. The van der Waals surface area contributed by atoms with Crippen molar-refractivity contribution in [2.24, 2.45) is 0 Å². The maximum Gasteiger partial charge on any atom is 0.347 e. The number of hydrogen-bond donors (Lipinski definition) is 1. The van der Waals surface area contributed by atoms with Gasteiger partial charge in [-0.2, -0.15) is 0 Å². The highest BCUT2D eigenvalue weighted by Crippen LogP contribution is 2.34. The van der Waals surface area contributed by atoms with Crippen LogP contribution in [-0.2, 0) is 11.2 Å². The molecule has 140 valence electrons. The minimum absolute atomic E-state index is 0.0221. The summed E-state index contributed by atoms with van der Waals surface area (Å²) >= 11 is 0. The fraction of sp³-hybridized carbons (Fsp3) is 0.304. The van der Waals surface area contributed by atoms with E-state index in [0.29, 0.717) is 12.2 Å². The van der Waals surface area contributed by atoms with E-state index in [9.17, 15) is 14.7 Å². The molecule has 0 radical (unpaired) electrons. The van der Waals surface area contributed by atoms with Gasteiger partial charge in [0, 0.05) is 5.56 Å². The molecule has 1 aliphatic rings. The lowest BCUT2D eigenvalue weighted by molar-refractivity contribution is -0.152. The second kappa shape index (κ2) is 6.69. The number of carbonyl (C=O) groups is 2. The number of benzene rings is 2. The van der Waals surface area contributed by atoms with Gasteiger partial charge in [0.15, 0.2) is 11.4 Å². The summed E-state index contributed by atoms with van der Waals surface area (Å²) in [7, 11) is 0. The number of hydrogen-bond acceptors (Lipinski definition) is 3. The van der Waals surface area contributed by atoms with Crippen molar-refractivity contribution in [2.45, 2.75) is 46.6 Å². The van der Waals surface area contributed by atoms with Crippen LogP contribution in [0.5, 0.6) is 5.75 Å². The predicted octanol–water partition coefficient (Wildman–Crippen LogP) is 4.68. The number of aryl methyl sites for hydroxylation is 3. The van der Waals surface area contributed by atoms with E-state index in [-0.39, 0.29) is 5.78 Å². The minimum atomic E-state index is -1.31. The second-order valence-electron chi connectivity index (χ2n) is 7.73. The number of ketones is 1. The van der Waals surface area contributed by atoms with Gasteiger partial charge in [0.2, 0.25) is 0 Å². The maximum atomic E-state index is 12.5. The normalized spacial score (nSPS) is 13.8. The molecule has 0 saturated heterocycles. The average molecular weight is 364 g/mol. The minimum Gasteiger partial charge on any atom is -0.478 e. The highest BCUT2D eigenvalue weighted by Gasteiger charge is 2.30. The molecule has 0 atom stereocenters. The van der Waals surface area contributed by atoms with E-state index >= 15 is 0 Å². The topological polar surface area (TPSA) is 63.6 Å². The Morgan fingerprint density at radius 2 is 1.70 bits per heavy atom. The Bertz CT molecular complexity index is 957. The molecule has 27 heavy (non-hydrogen) atoms. The van der Waals surface area contributed by atoms with Crippen LogP contribution in [0.4, 0.5) is 0 Å². The molecule has 0 bridgehead atoms. The first-order valence-corrected chi connectivity index (χ1v) is 8.97. The molecule has 4 heteroatoms. The molecule has 0 fully saturated rings. The summed E-state index contributed by atoms with van der Waals surface area (Å²) in [5.74, 6) is -0.419. The Morgan fingerprint density at radius 3 is 2.30 bits per heavy atom. The summed E-state index contributed by atoms with van der Waals surface area (Å²) < 4.78 is 5.77. The summed E-state index contributed by atoms with van der Waals surface area (Å²) in [6.07, 6.45) is 2.40. The first-order chi connectivity index (χ1) is 12.6. The van der Waals surface area contributed by atoms with Crippen LogP contribution in [0, 0.1) is 20.8 Å². The fourth-order valence-electron chi connectivity index (χ4n) is 3.38. The van der Waals surface area contributed by atoms with Gasteiger partial charge >= 0.3 is 5.97 Å². The summed E-state index contributed by atoms with van der Waals surface area (Å²) in [5, 5.41) is 9.32. The zero-order valence-electron chi connectivity index (χ0n) is 16.3. The van der Waals surface area contributed by atoms with Crippen LogP contribution in [0.2, 0.25) is 0 Å². The molecule has 3 rings (SSSR count). The Morgan fingerprint density at radius 1 is 1.07 bits per heavy atom. The molecule has 0 saturated carbocycles. The van der Waals surface area contributed by atoms with Crippen LogP contribution in [0.25, 0.3) is 5.57 Å². The van der Waals surface area contributed by atoms with Gasteiger partial charge < -0.3 is 9.84 Å². The van der Waals surface area contributed by atoms with Gasteiger partial charge in [0.1, 0.15) is 5.75 Å².